The summed E-state index contributed by atoms with van der Waals surface area (Å²) >= 11 is 0. The average Bonchev–Trinajstić information content (AvgIpc) is 2.48. The molecule has 0 unspecified atom stereocenters. The van der Waals surface area contributed by atoms with E-state index >= 15 is 0 Å². The Hall–Kier alpha value is -2.84. The number of carbonyl (C=O) groups is 1. The summed E-state index contributed by atoms with van der Waals surface area (Å²) in [7, 11) is 3.04. The average molecular weight is 341 g/mol. The fourth-order valence-corrected chi connectivity index (χ4v) is 1.97. The van der Waals surface area contributed by atoms with E-state index in [0.717, 1.165) is 29.2 Å². The van der Waals surface area contributed by atoms with Crippen molar-refractivity contribution in [1.29, 1.82) is 0 Å². The van der Waals surface area contributed by atoms with Crippen LogP contribution in [0.1, 0.15) is 5.56 Å². The van der Waals surface area contributed by atoms with Crippen LogP contribution in [-0.4, -0.2) is 39.6 Å². The van der Waals surface area contributed by atoms with Crippen molar-refractivity contribution in [1.82, 2.24) is 14.5 Å². The van der Waals surface area contributed by atoms with Gasteiger partial charge >= 0.3 is 6.18 Å². The summed E-state index contributed by atoms with van der Waals surface area (Å²) < 4.78 is 38.9. The Morgan fingerprint density at radius 3 is 2.50 bits per heavy atom. The van der Waals surface area contributed by atoms with Crippen LogP contribution in [0.5, 0.6) is 5.75 Å². The van der Waals surface area contributed by atoms with Gasteiger partial charge in [-0.3, -0.25) is 14.2 Å². The van der Waals surface area contributed by atoms with E-state index < -0.39 is 23.0 Å². The van der Waals surface area contributed by atoms with Crippen LogP contribution >= 0.6 is 0 Å². The van der Waals surface area contributed by atoms with Crippen LogP contribution < -0.4 is 5.56 Å². The largest absolute Gasteiger partial charge is 0.507 e. The van der Waals surface area contributed by atoms with E-state index in [1.165, 1.54) is 19.0 Å². The van der Waals surface area contributed by atoms with Gasteiger partial charge in [0.05, 0.1) is 17.5 Å². The zero-order valence-electron chi connectivity index (χ0n) is 12.8. The summed E-state index contributed by atoms with van der Waals surface area (Å²) in [5.41, 5.74) is -1.87. The highest BCUT2D eigenvalue weighted by Crippen LogP contribution is 2.35. The highest BCUT2D eigenvalue weighted by atomic mass is 19.4. The summed E-state index contributed by atoms with van der Waals surface area (Å²) in [4.78, 5) is 29.2. The third-order valence-electron chi connectivity index (χ3n) is 3.32. The van der Waals surface area contributed by atoms with Crippen molar-refractivity contribution in [2.75, 3.05) is 14.1 Å². The van der Waals surface area contributed by atoms with Gasteiger partial charge in [-0.05, 0) is 18.2 Å². The summed E-state index contributed by atoms with van der Waals surface area (Å²) in [5.74, 6) is -1.05. The van der Waals surface area contributed by atoms with Crippen LogP contribution in [0.3, 0.4) is 0 Å². The maximum absolute atomic E-state index is 12.6. The molecule has 1 aromatic carbocycles. The van der Waals surface area contributed by atoms with E-state index in [1.54, 1.807) is 0 Å². The number of halogens is 3. The molecule has 0 spiro atoms. The standard InChI is InChI=1S/C15H14F3N3O3/c1-20(2)13(23)7-21-8-19-6-11(14(21)24)10-4-3-9(5-12(10)22)15(16,17)18/h3-6,8,22H,7H2,1-2H3. The number of amides is 1. The number of hydrogen-bond acceptors (Lipinski definition) is 4. The SMILES string of the molecule is CN(C)C(=O)Cn1cncc(-c2ccc(C(F)(F)F)cc2O)c1=O. The van der Waals surface area contributed by atoms with Crippen LogP contribution in [0.4, 0.5) is 13.2 Å². The molecular formula is C15H14F3N3O3. The first-order chi connectivity index (χ1) is 11.1. The van der Waals surface area contributed by atoms with Gasteiger partial charge in [-0.25, -0.2) is 4.98 Å². The van der Waals surface area contributed by atoms with Gasteiger partial charge in [0.1, 0.15) is 12.3 Å². The van der Waals surface area contributed by atoms with E-state index in [4.69, 9.17) is 0 Å². The van der Waals surface area contributed by atoms with E-state index in [9.17, 15) is 27.9 Å². The molecule has 1 heterocycles. The molecule has 0 aliphatic rings. The van der Waals surface area contributed by atoms with Crippen LogP contribution in [0, 0.1) is 0 Å². The van der Waals surface area contributed by atoms with Crippen molar-refractivity contribution in [3.05, 3.63) is 46.6 Å². The van der Waals surface area contributed by atoms with Gasteiger partial charge in [0.15, 0.2) is 0 Å². The number of nitrogens with zero attached hydrogens (tertiary/aromatic N) is 3. The van der Waals surface area contributed by atoms with Crippen molar-refractivity contribution in [2.45, 2.75) is 12.7 Å². The second kappa shape index (κ2) is 6.34. The number of aromatic hydroxyl groups is 1. The first-order valence-corrected chi connectivity index (χ1v) is 6.76. The lowest BCUT2D eigenvalue weighted by atomic mass is 10.0. The zero-order chi connectivity index (χ0) is 18.1. The van der Waals surface area contributed by atoms with Gasteiger partial charge in [0.2, 0.25) is 5.91 Å². The summed E-state index contributed by atoms with van der Waals surface area (Å²) in [6, 6.07) is 2.29. The second-order valence-electron chi connectivity index (χ2n) is 5.26. The summed E-state index contributed by atoms with van der Waals surface area (Å²) in [6.45, 7) is -0.270. The predicted molar refractivity (Wildman–Crippen MR) is 79.3 cm³/mol. The van der Waals surface area contributed by atoms with E-state index in [0.29, 0.717) is 6.07 Å². The molecule has 6 nitrogen and oxygen atoms in total. The lowest BCUT2D eigenvalue weighted by Crippen LogP contribution is -2.32. The number of hydrogen-bond donors (Lipinski definition) is 1. The smallest absolute Gasteiger partial charge is 0.416 e. The second-order valence-corrected chi connectivity index (χ2v) is 5.26. The van der Waals surface area contributed by atoms with Gasteiger partial charge in [0, 0.05) is 25.9 Å². The molecule has 128 valence electrons. The van der Waals surface area contributed by atoms with Gasteiger partial charge in [-0.15, -0.1) is 0 Å². The van der Waals surface area contributed by atoms with E-state index in [2.05, 4.69) is 4.98 Å². The first-order valence-electron chi connectivity index (χ1n) is 6.76. The number of phenolic OH excluding ortho intramolecular Hbond substituents is 1. The van der Waals surface area contributed by atoms with Gasteiger partial charge in [-0.2, -0.15) is 13.2 Å². The first kappa shape index (κ1) is 17.5. The molecule has 0 aliphatic heterocycles. The van der Waals surface area contributed by atoms with Crippen molar-refractivity contribution < 1.29 is 23.1 Å². The predicted octanol–water partition coefficient (Wildman–Crippen LogP) is 1.72. The molecule has 1 aromatic heterocycles. The fraction of sp³-hybridized carbons (Fsp3) is 0.267. The third kappa shape index (κ3) is 3.55. The van der Waals surface area contributed by atoms with Gasteiger partial charge < -0.3 is 10.0 Å². The number of aromatic nitrogens is 2. The summed E-state index contributed by atoms with van der Waals surface area (Å²) in [6.07, 6.45) is -2.33. The summed E-state index contributed by atoms with van der Waals surface area (Å²) in [5, 5.41) is 9.84. The number of phenols is 1. The molecule has 9 heteroatoms. The van der Waals surface area contributed by atoms with Crippen LogP contribution in [0.15, 0.2) is 35.5 Å². The Morgan fingerprint density at radius 1 is 1.29 bits per heavy atom. The minimum Gasteiger partial charge on any atom is -0.507 e. The Kier molecular flexibility index (Phi) is 4.63. The quantitative estimate of drug-likeness (QED) is 0.922. The number of benzene rings is 1. The van der Waals surface area contributed by atoms with Crippen molar-refractivity contribution >= 4 is 5.91 Å². The van der Waals surface area contributed by atoms with Crippen LogP contribution in [0.2, 0.25) is 0 Å². The fourth-order valence-electron chi connectivity index (χ4n) is 1.97. The van der Waals surface area contributed by atoms with E-state index in [1.807, 2.05) is 0 Å². The monoisotopic (exact) mass is 341 g/mol. The molecule has 0 saturated heterocycles. The Morgan fingerprint density at radius 2 is 1.96 bits per heavy atom. The maximum Gasteiger partial charge on any atom is 0.416 e. The molecule has 0 aliphatic carbocycles. The molecular weight excluding hydrogens is 327 g/mol. The maximum atomic E-state index is 12.6. The molecule has 1 amide bonds. The minimum absolute atomic E-state index is 0.0906. The molecule has 24 heavy (non-hydrogen) atoms. The highest BCUT2D eigenvalue weighted by Gasteiger charge is 2.31. The minimum atomic E-state index is -4.61. The molecule has 0 fully saturated rings. The van der Waals surface area contributed by atoms with E-state index in [-0.39, 0.29) is 23.6 Å². The third-order valence-corrected chi connectivity index (χ3v) is 3.32. The molecule has 1 N–H and O–H groups in total. The number of alkyl halides is 3. The lowest BCUT2D eigenvalue weighted by Gasteiger charge is -2.13. The molecule has 2 rings (SSSR count). The molecule has 0 bridgehead atoms. The Labute approximate surface area is 134 Å². The lowest BCUT2D eigenvalue weighted by molar-refractivity contribution is -0.137. The highest BCUT2D eigenvalue weighted by molar-refractivity contribution is 5.75. The Balaban J connectivity index is 2.47. The van der Waals surface area contributed by atoms with Crippen molar-refractivity contribution in [2.24, 2.45) is 0 Å². The number of rotatable bonds is 3. The molecule has 0 saturated carbocycles. The number of likely N-dealkylation sites (N-methyl/N-ethyl adjacent to an activating group) is 1. The number of carbonyl (C=O) groups excluding carboxylic acids is 1. The molecule has 2 aromatic rings. The molecule has 0 atom stereocenters. The van der Waals surface area contributed by atoms with Gasteiger partial charge in [0.25, 0.3) is 5.56 Å². The van der Waals surface area contributed by atoms with Crippen molar-refractivity contribution in [3.8, 4) is 16.9 Å². The molecule has 0 radical (unpaired) electrons. The van der Waals surface area contributed by atoms with Crippen LogP contribution in [0.25, 0.3) is 11.1 Å². The normalized spacial score (nSPS) is 11.4. The van der Waals surface area contributed by atoms with Gasteiger partial charge in [-0.1, -0.05) is 0 Å². The van der Waals surface area contributed by atoms with Crippen LogP contribution in [-0.2, 0) is 17.5 Å². The topological polar surface area (TPSA) is 75.4 Å². The Bertz CT molecular complexity index is 829. The van der Waals surface area contributed by atoms with Crippen molar-refractivity contribution in [3.63, 3.8) is 0 Å². The zero-order valence-corrected chi connectivity index (χ0v) is 12.8.